The Bertz CT molecular complexity index is 3750. The molecule has 0 saturated carbocycles. The van der Waals surface area contributed by atoms with Gasteiger partial charge in [0.25, 0.3) is 0 Å². The normalized spacial score (nSPS) is 11.3. The second-order valence-electron chi connectivity index (χ2n) is 15.5. The van der Waals surface area contributed by atoms with E-state index in [4.69, 9.17) is 0 Å². The summed E-state index contributed by atoms with van der Waals surface area (Å²) in [5.41, 5.74) is 10.2. The summed E-state index contributed by atoms with van der Waals surface area (Å²) in [5, 5.41) is 25.9. The van der Waals surface area contributed by atoms with Crippen LogP contribution in [0.5, 0.6) is 0 Å². The lowest BCUT2D eigenvalue weighted by molar-refractivity contribution is 1.11. The summed E-state index contributed by atoms with van der Waals surface area (Å²) < 4.78 is 4.29. The summed E-state index contributed by atoms with van der Waals surface area (Å²) in [5.74, 6) is 2.27. The maximum Gasteiger partial charge on any atom is 0.159 e. The van der Waals surface area contributed by atoms with E-state index in [1.54, 1.807) is 79.9 Å². The van der Waals surface area contributed by atoms with E-state index in [2.05, 4.69) is 110 Å². The lowest BCUT2D eigenvalue weighted by Crippen LogP contribution is -2.07. The molecule has 12 aromatic rings. The second kappa shape index (κ2) is 15.5. The monoisotopic (exact) mass is 846 g/mol. The number of hydrogen-bond donors (Lipinski definition) is 0. The first kappa shape index (κ1) is 37.9. The van der Waals surface area contributed by atoms with Gasteiger partial charge in [0.15, 0.2) is 23.3 Å². The molecule has 0 aliphatic rings. The largest absolute Gasteiger partial charge is 0.308 e. The summed E-state index contributed by atoms with van der Waals surface area (Å²) in [7, 11) is 0. The van der Waals surface area contributed by atoms with Crippen molar-refractivity contribution >= 4 is 43.6 Å². The Balaban J connectivity index is 1.24. The molecule has 0 fully saturated rings. The van der Waals surface area contributed by atoms with E-state index in [9.17, 15) is 10.5 Å². The molecule has 0 aliphatic heterocycles. The van der Waals surface area contributed by atoms with Crippen LogP contribution in [0.15, 0.2) is 183 Å². The maximum absolute atomic E-state index is 11.9. The van der Waals surface area contributed by atoms with Crippen LogP contribution in [-0.4, -0.2) is 49.0 Å². The first-order chi connectivity index (χ1) is 32.6. The lowest BCUT2D eigenvalue weighted by Gasteiger charge is -2.20. The van der Waals surface area contributed by atoms with Crippen LogP contribution in [0.2, 0.25) is 0 Å². The van der Waals surface area contributed by atoms with E-state index in [0.29, 0.717) is 45.8 Å². The van der Waals surface area contributed by atoms with Crippen LogP contribution in [0.1, 0.15) is 11.1 Å². The molecule has 0 saturated heterocycles. The minimum Gasteiger partial charge on any atom is -0.308 e. The molecule has 0 bridgehead atoms. The Morgan fingerprint density at radius 3 is 1.12 bits per heavy atom. The smallest absolute Gasteiger partial charge is 0.159 e. The van der Waals surface area contributed by atoms with Gasteiger partial charge in [0, 0.05) is 98.9 Å². The highest BCUT2D eigenvalue weighted by Gasteiger charge is 2.26. The van der Waals surface area contributed by atoms with Crippen molar-refractivity contribution in [3.63, 3.8) is 0 Å². The van der Waals surface area contributed by atoms with Gasteiger partial charge in [0.05, 0.1) is 45.1 Å². The predicted octanol–water partition coefficient (Wildman–Crippen LogP) is 11.1. The first-order valence-corrected chi connectivity index (χ1v) is 21.0. The zero-order valence-corrected chi connectivity index (χ0v) is 34.7. The molecule has 0 N–H and O–H groups in total. The quantitative estimate of drug-likeness (QED) is 0.151. The Kier molecular flexibility index (Phi) is 8.93. The molecular formula is C54H30N12. The van der Waals surface area contributed by atoms with Gasteiger partial charge in [-0.15, -0.1) is 0 Å². The summed E-state index contributed by atoms with van der Waals surface area (Å²) in [4.78, 5) is 36.8. The van der Waals surface area contributed by atoms with Crippen molar-refractivity contribution in [1.29, 1.82) is 10.5 Å². The van der Waals surface area contributed by atoms with Crippen molar-refractivity contribution in [3.05, 3.63) is 194 Å². The van der Waals surface area contributed by atoms with Crippen molar-refractivity contribution in [2.45, 2.75) is 0 Å². The number of fused-ring (bicyclic) bond motifs is 6. The fourth-order valence-corrected chi connectivity index (χ4v) is 8.99. The Hall–Kier alpha value is -9.78. The Morgan fingerprint density at radius 2 is 0.742 bits per heavy atom. The number of nitrogens with zero attached hydrogens (tertiary/aromatic N) is 12. The molecule has 6 aromatic heterocycles. The van der Waals surface area contributed by atoms with E-state index in [1.165, 1.54) is 0 Å². The number of nitriles is 2. The molecule has 6 aromatic carbocycles. The summed E-state index contributed by atoms with van der Waals surface area (Å²) in [6.45, 7) is 0. The molecule has 306 valence electrons. The number of benzene rings is 6. The molecule has 12 nitrogen and oxygen atoms in total. The minimum absolute atomic E-state index is 0.387. The van der Waals surface area contributed by atoms with E-state index >= 15 is 0 Å². The second-order valence-corrected chi connectivity index (χ2v) is 15.5. The fraction of sp³-hybridized carbons (Fsp3) is 0. The highest BCUT2D eigenvalue weighted by atomic mass is 15.0. The van der Waals surface area contributed by atoms with Crippen LogP contribution >= 0.6 is 0 Å². The van der Waals surface area contributed by atoms with Gasteiger partial charge >= 0.3 is 0 Å². The Labute approximate surface area is 376 Å². The van der Waals surface area contributed by atoms with Gasteiger partial charge in [-0.25, -0.2) is 39.9 Å². The molecule has 6 heterocycles. The standard InChI is InChI=1S/C54H30N12/c55-31-33-6-1-7-34(26-33)39-16-17-45(65-46-27-35(51-57-18-2-19-58-51)8-12-40(46)41-13-9-36(28-47(41)65)52-59-20-3-21-60-52)44(32-56)50(39)66-48-29-37(53-61-22-4-23-62-53)10-14-42(48)43-15-11-38(30-49(43)66)54-63-24-5-25-64-54/h1-30H. The molecule has 0 atom stereocenters. The third-order valence-electron chi connectivity index (χ3n) is 11.9. The van der Waals surface area contributed by atoms with Crippen LogP contribution < -0.4 is 0 Å². The highest BCUT2D eigenvalue weighted by Crippen LogP contribution is 2.44. The van der Waals surface area contributed by atoms with Gasteiger partial charge in [0.2, 0.25) is 0 Å². The molecule has 66 heavy (non-hydrogen) atoms. The number of rotatable bonds is 7. The van der Waals surface area contributed by atoms with Crippen LogP contribution in [0.3, 0.4) is 0 Å². The van der Waals surface area contributed by atoms with Crippen LogP contribution in [0.4, 0.5) is 0 Å². The van der Waals surface area contributed by atoms with Gasteiger partial charge in [-0.2, -0.15) is 10.5 Å². The molecular weight excluding hydrogens is 817 g/mol. The van der Waals surface area contributed by atoms with E-state index < -0.39 is 0 Å². The fourth-order valence-electron chi connectivity index (χ4n) is 8.99. The van der Waals surface area contributed by atoms with Gasteiger partial charge in [-0.3, -0.25) is 0 Å². The topological polar surface area (TPSA) is 161 Å². The van der Waals surface area contributed by atoms with Crippen LogP contribution in [-0.2, 0) is 0 Å². The van der Waals surface area contributed by atoms with Crippen molar-refractivity contribution in [2.75, 3.05) is 0 Å². The van der Waals surface area contributed by atoms with Crippen molar-refractivity contribution < 1.29 is 0 Å². The Morgan fingerprint density at radius 1 is 0.348 bits per heavy atom. The van der Waals surface area contributed by atoms with Gasteiger partial charge in [-0.05, 0) is 72.3 Å². The molecule has 0 aliphatic carbocycles. The molecule has 12 heteroatoms. The minimum atomic E-state index is 0.387. The molecule has 0 spiro atoms. The van der Waals surface area contributed by atoms with Gasteiger partial charge in [0.1, 0.15) is 11.6 Å². The zero-order valence-electron chi connectivity index (χ0n) is 34.7. The predicted molar refractivity (Wildman–Crippen MR) is 254 cm³/mol. The first-order valence-electron chi connectivity index (χ1n) is 21.0. The summed E-state index contributed by atoms with van der Waals surface area (Å²) in [6, 6.07) is 48.4. The lowest BCUT2D eigenvalue weighted by atomic mass is 9.96. The van der Waals surface area contributed by atoms with E-state index in [1.807, 2.05) is 54.6 Å². The molecule has 0 unspecified atom stereocenters. The summed E-state index contributed by atoms with van der Waals surface area (Å²) in [6.07, 6.45) is 13.8. The molecule has 0 radical (unpaired) electrons. The third-order valence-corrected chi connectivity index (χ3v) is 11.9. The molecule has 12 rings (SSSR count). The average molecular weight is 847 g/mol. The zero-order chi connectivity index (χ0) is 44.1. The van der Waals surface area contributed by atoms with E-state index in [0.717, 1.165) is 77.0 Å². The average Bonchev–Trinajstić information content (AvgIpc) is 3.90. The van der Waals surface area contributed by atoms with Crippen molar-refractivity contribution in [3.8, 4) is 80.2 Å². The number of aromatic nitrogens is 10. The van der Waals surface area contributed by atoms with Gasteiger partial charge < -0.3 is 9.13 Å². The third kappa shape index (κ3) is 6.21. The number of hydrogen-bond acceptors (Lipinski definition) is 10. The van der Waals surface area contributed by atoms with Crippen LogP contribution in [0, 0.1) is 22.7 Å². The van der Waals surface area contributed by atoms with Crippen molar-refractivity contribution in [2.24, 2.45) is 0 Å². The van der Waals surface area contributed by atoms with Crippen molar-refractivity contribution in [1.82, 2.24) is 49.0 Å². The summed E-state index contributed by atoms with van der Waals surface area (Å²) >= 11 is 0. The SMILES string of the molecule is N#Cc1cccc(-c2ccc(-n3c4cc(-c5ncccn5)ccc4c4ccc(-c5ncccn5)cc43)c(C#N)c2-n2c3cc(-c4ncccn4)ccc3c3ccc(-c4ncccn4)cc32)c1. The molecule has 0 amide bonds. The highest BCUT2D eigenvalue weighted by molar-refractivity contribution is 6.13. The van der Waals surface area contributed by atoms with Gasteiger partial charge in [-0.1, -0.05) is 66.7 Å². The maximum atomic E-state index is 11.9. The van der Waals surface area contributed by atoms with Crippen LogP contribution in [0.25, 0.3) is 112 Å². The van der Waals surface area contributed by atoms with E-state index in [-0.39, 0.29) is 0 Å².